The van der Waals surface area contributed by atoms with Crippen LogP contribution in [0.4, 0.5) is 5.95 Å². The minimum absolute atomic E-state index is 0.559. The highest BCUT2D eigenvalue weighted by molar-refractivity contribution is 9.10. The average molecular weight is 478 g/mol. The van der Waals surface area contributed by atoms with Crippen molar-refractivity contribution in [2.45, 2.75) is 24.5 Å². The summed E-state index contributed by atoms with van der Waals surface area (Å²) in [5.74, 6) is 2.23. The SMILES string of the molecule is COc1ccc(CN(CC2CCOCC2)c2nc(SC)nc3c(Br)cnn23)cc1. The van der Waals surface area contributed by atoms with Crippen LogP contribution in [0.15, 0.2) is 40.1 Å². The van der Waals surface area contributed by atoms with Gasteiger partial charge >= 0.3 is 0 Å². The fourth-order valence-corrected chi connectivity index (χ4v) is 4.22. The van der Waals surface area contributed by atoms with Crippen molar-refractivity contribution in [1.29, 1.82) is 0 Å². The fourth-order valence-electron chi connectivity index (χ4n) is 3.52. The molecule has 29 heavy (non-hydrogen) atoms. The predicted octanol–water partition coefficient (Wildman–Crippen LogP) is 4.05. The molecule has 3 heterocycles. The molecule has 2 aromatic heterocycles. The van der Waals surface area contributed by atoms with E-state index >= 15 is 0 Å². The highest BCUT2D eigenvalue weighted by Crippen LogP contribution is 2.27. The Bertz CT molecular complexity index is 959. The third-order valence-electron chi connectivity index (χ3n) is 5.10. The van der Waals surface area contributed by atoms with Gasteiger partial charge in [0, 0.05) is 26.3 Å². The van der Waals surface area contributed by atoms with Gasteiger partial charge in [-0.15, -0.1) is 0 Å². The molecule has 1 aromatic carbocycles. The molecule has 0 bridgehead atoms. The van der Waals surface area contributed by atoms with E-state index < -0.39 is 0 Å². The minimum Gasteiger partial charge on any atom is -0.497 e. The number of ether oxygens (including phenoxy) is 2. The van der Waals surface area contributed by atoms with Gasteiger partial charge in [0.05, 0.1) is 17.8 Å². The third-order valence-corrected chi connectivity index (χ3v) is 6.21. The van der Waals surface area contributed by atoms with Gasteiger partial charge in [0.2, 0.25) is 5.95 Å². The Kier molecular flexibility index (Phi) is 6.56. The molecule has 0 atom stereocenters. The molecule has 0 spiro atoms. The molecule has 1 aliphatic rings. The summed E-state index contributed by atoms with van der Waals surface area (Å²) in [4.78, 5) is 11.8. The van der Waals surface area contributed by atoms with Gasteiger partial charge in [-0.2, -0.15) is 14.6 Å². The van der Waals surface area contributed by atoms with E-state index in [4.69, 9.17) is 14.5 Å². The average Bonchev–Trinajstić information content (AvgIpc) is 3.14. The van der Waals surface area contributed by atoms with Crippen LogP contribution in [-0.2, 0) is 11.3 Å². The van der Waals surface area contributed by atoms with Crippen molar-refractivity contribution in [2.75, 3.05) is 38.0 Å². The van der Waals surface area contributed by atoms with Crippen LogP contribution in [0.25, 0.3) is 5.65 Å². The van der Waals surface area contributed by atoms with Crippen molar-refractivity contribution in [2.24, 2.45) is 5.92 Å². The molecule has 1 aliphatic heterocycles. The Labute approximate surface area is 182 Å². The number of thioether (sulfide) groups is 1. The second-order valence-electron chi connectivity index (χ2n) is 7.02. The molecule has 0 N–H and O–H groups in total. The summed E-state index contributed by atoms with van der Waals surface area (Å²) in [6.07, 6.45) is 5.89. The number of nitrogens with zero attached hydrogens (tertiary/aromatic N) is 5. The van der Waals surface area contributed by atoms with Gasteiger partial charge in [-0.1, -0.05) is 23.9 Å². The molecule has 4 rings (SSSR count). The summed E-state index contributed by atoms with van der Waals surface area (Å²) >= 11 is 5.10. The molecule has 0 amide bonds. The van der Waals surface area contributed by atoms with Crippen LogP contribution < -0.4 is 9.64 Å². The predicted molar refractivity (Wildman–Crippen MR) is 118 cm³/mol. The quantitative estimate of drug-likeness (QED) is 0.475. The van der Waals surface area contributed by atoms with Crippen LogP contribution in [0.3, 0.4) is 0 Å². The van der Waals surface area contributed by atoms with E-state index in [0.717, 1.165) is 66.1 Å². The lowest BCUT2D eigenvalue weighted by Crippen LogP contribution is -2.34. The number of anilines is 1. The number of hydrogen-bond donors (Lipinski definition) is 0. The summed E-state index contributed by atoms with van der Waals surface area (Å²) in [6.45, 7) is 3.28. The van der Waals surface area contributed by atoms with Crippen molar-refractivity contribution in [3.8, 4) is 5.75 Å². The summed E-state index contributed by atoms with van der Waals surface area (Å²) < 4.78 is 13.6. The fraction of sp³-hybridized carbons (Fsp3) is 0.450. The van der Waals surface area contributed by atoms with E-state index in [0.29, 0.717) is 5.92 Å². The van der Waals surface area contributed by atoms with E-state index in [1.54, 1.807) is 13.3 Å². The summed E-state index contributed by atoms with van der Waals surface area (Å²) in [5, 5.41) is 5.26. The summed E-state index contributed by atoms with van der Waals surface area (Å²) in [5.41, 5.74) is 1.98. The van der Waals surface area contributed by atoms with E-state index in [9.17, 15) is 0 Å². The van der Waals surface area contributed by atoms with Gasteiger partial charge in [-0.25, -0.2) is 4.98 Å². The number of fused-ring (bicyclic) bond motifs is 1. The van der Waals surface area contributed by atoms with Crippen molar-refractivity contribution < 1.29 is 9.47 Å². The maximum absolute atomic E-state index is 5.56. The first-order chi connectivity index (χ1) is 14.2. The van der Waals surface area contributed by atoms with E-state index in [2.05, 4.69) is 43.0 Å². The highest BCUT2D eigenvalue weighted by Gasteiger charge is 2.23. The Balaban J connectivity index is 1.71. The molecule has 0 radical (unpaired) electrons. The second kappa shape index (κ2) is 9.32. The normalized spacial score (nSPS) is 15.0. The lowest BCUT2D eigenvalue weighted by molar-refractivity contribution is 0.0680. The van der Waals surface area contributed by atoms with E-state index in [1.165, 1.54) is 17.3 Å². The van der Waals surface area contributed by atoms with Gasteiger partial charge in [-0.05, 0) is 58.6 Å². The zero-order valence-electron chi connectivity index (χ0n) is 16.5. The van der Waals surface area contributed by atoms with Crippen LogP contribution in [0, 0.1) is 5.92 Å². The molecule has 3 aromatic rings. The van der Waals surface area contributed by atoms with E-state index in [1.807, 2.05) is 22.9 Å². The smallest absolute Gasteiger partial charge is 0.231 e. The number of benzene rings is 1. The summed E-state index contributed by atoms with van der Waals surface area (Å²) in [6, 6.07) is 8.19. The number of aromatic nitrogens is 4. The number of methoxy groups -OCH3 is 1. The van der Waals surface area contributed by atoms with Crippen molar-refractivity contribution in [1.82, 2.24) is 19.6 Å². The maximum atomic E-state index is 5.56. The largest absolute Gasteiger partial charge is 0.497 e. The molecule has 1 fully saturated rings. The standard InChI is InChI=1S/C20H24BrN5O2S/c1-27-16-5-3-14(4-6-16)12-25(13-15-7-9-28-10-8-15)20-24-19(29-2)23-18-17(21)11-22-26(18)20/h3-6,11,15H,7-10,12-13H2,1-2H3. The molecule has 0 saturated carbocycles. The first-order valence-corrected chi connectivity index (χ1v) is 11.6. The molecule has 9 heteroatoms. The van der Waals surface area contributed by atoms with Gasteiger partial charge in [-0.3, -0.25) is 0 Å². The maximum Gasteiger partial charge on any atom is 0.231 e. The Hall–Kier alpha value is -1.84. The van der Waals surface area contributed by atoms with Gasteiger partial charge < -0.3 is 14.4 Å². The topological polar surface area (TPSA) is 64.8 Å². The monoisotopic (exact) mass is 477 g/mol. The van der Waals surface area contributed by atoms with Gasteiger partial charge in [0.1, 0.15) is 5.75 Å². The number of halogens is 1. The third kappa shape index (κ3) is 4.67. The van der Waals surface area contributed by atoms with E-state index in [-0.39, 0.29) is 0 Å². The number of rotatable bonds is 7. The van der Waals surface area contributed by atoms with Crippen LogP contribution in [-0.4, -0.2) is 52.7 Å². The Morgan fingerprint density at radius 2 is 2.00 bits per heavy atom. The van der Waals surface area contributed by atoms with Crippen LogP contribution in [0.5, 0.6) is 5.75 Å². The zero-order chi connectivity index (χ0) is 20.2. The highest BCUT2D eigenvalue weighted by atomic mass is 79.9. The molecule has 154 valence electrons. The molecule has 7 nitrogen and oxygen atoms in total. The molecular weight excluding hydrogens is 454 g/mol. The Morgan fingerprint density at radius 1 is 1.24 bits per heavy atom. The molecule has 0 unspecified atom stereocenters. The Morgan fingerprint density at radius 3 is 2.69 bits per heavy atom. The van der Waals surface area contributed by atoms with Crippen molar-refractivity contribution in [3.05, 3.63) is 40.5 Å². The molecule has 1 saturated heterocycles. The minimum atomic E-state index is 0.559. The molecule has 0 aliphatic carbocycles. The lowest BCUT2D eigenvalue weighted by atomic mass is 9.99. The van der Waals surface area contributed by atoms with Gasteiger partial charge in [0.15, 0.2) is 10.8 Å². The van der Waals surface area contributed by atoms with Crippen LogP contribution >= 0.6 is 27.7 Å². The number of hydrogen-bond acceptors (Lipinski definition) is 7. The van der Waals surface area contributed by atoms with Gasteiger partial charge in [0.25, 0.3) is 0 Å². The first-order valence-electron chi connectivity index (χ1n) is 9.59. The van der Waals surface area contributed by atoms with Crippen LogP contribution in [0.2, 0.25) is 0 Å². The molecular formula is C20H24BrN5O2S. The first kappa shape index (κ1) is 20.4. The second-order valence-corrected chi connectivity index (χ2v) is 8.65. The summed E-state index contributed by atoms with van der Waals surface area (Å²) in [7, 11) is 1.68. The van der Waals surface area contributed by atoms with Crippen molar-refractivity contribution in [3.63, 3.8) is 0 Å². The lowest BCUT2D eigenvalue weighted by Gasteiger charge is -2.30. The van der Waals surface area contributed by atoms with Crippen molar-refractivity contribution >= 4 is 39.3 Å². The van der Waals surface area contributed by atoms with Crippen LogP contribution in [0.1, 0.15) is 18.4 Å². The zero-order valence-corrected chi connectivity index (χ0v) is 18.9.